The van der Waals surface area contributed by atoms with Crippen molar-refractivity contribution >= 4 is 35.1 Å². The van der Waals surface area contributed by atoms with Crippen molar-refractivity contribution in [2.75, 3.05) is 0 Å². The van der Waals surface area contributed by atoms with E-state index in [0.717, 1.165) is 11.4 Å². The van der Waals surface area contributed by atoms with Gasteiger partial charge in [0.25, 0.3) is 5.56 Å². The second-order valence-corrected chi connectivity index (χ2v) is 6.12. The molecule has 0 aliphatic rings. The number of hydrogen-bond donors (Lipinski definition) is 0. The summed E-state index contributed by atoms with van der Waals surface area (Å²) in [6.45, 7) is 1.85. The van der Waals surface area contributed by atoms with E-state index in [4.69, 9.17) is 23.2 Å². The summed E-state index contributed by atoms with van der Waals surface area (Å²) >= 11 is 12.3. The Labute approximate surface area is 149 Å². The molecule has 0 unspecified atom stereocenters. The highest BCUT2D eigenvalue weighted by Gasteiger charge is 2.15. The lowest BCUT2D eigenvalue weighted by Gasteiger charge is -2.07. The van der Waals surface area contributed by atoms with Gasteiger partial charge in [-0.15, -0.1) is 0 Å². The number of aliphatic imine (C=N–C) groups is 1. The van der Waals surface area contributed by atoms with Crippen molar-refractivity contribution in [1.82, 2.24) is 9.36 Å². The first-order valence-corrected chi connectivity index (χ1v) is 8.08. The van der Waals surface area contributed by atoms with Gasteiger partial charge >= 0.3 is 0 Å². The Morgan fingerprint density at radius 3 is 2.25 bits per heavy atom. The maximum Gasteiger partial charge on any atom is 0.297 e. The molecule has 6 heteroatoms. The van der Waals surface area contributed by atoms with Crippen LogP contribution in [0.5, 0.6) is 0 Å². The molecule has 0 fully saturated rings. The summed E-state index contributed by atoms with van der Waals surface area (Å²) in [7, 11) is 1.82. The van der Waals surface area contributed by atoms with Gasteiger partial charge in [0.05, 0.1) is 21.4 Å². The highest BCUT2D eigenvalue weighted by atomic mass is 35.5. The van der Waals surface area contributed by atoms with Crippen LogP contribution in [0, 0.1) is 6.92 Å². The molecule has 0 N–H and O–H groups in total. The van der Waals surface area contributed by atoms with Gasteiger partial charge in [-0.3, -0.25) is 9.48 Å². The van der Waals surface area contributed by atoms with Crippen molar-refractivity contribution in [3.63, 3.8) is 0 Å². The molecule has 2 aromatic carbocycles. The summed E-state index contributed by atoms with van der Waals surface area (Å²) in [4.78, 5) is 17.1. The zero-order valence-electron chi connectivity index (χ0n) is 13.2. The van der Waals surface area contributed by atoms with Gasteiger partial charge in [0.2, 0.25) is 0 Å². The van der Waals surface area contributed by atoms with Crippen LogP contribution in [0.1, 0.15) is 11.3 Å². The fourth-order valence-electron chi connectivity index (χ4n) is 2.47. The van der Waals surface area contributed by atoms with E-state index in [-0.39, 0.29) is 5.56 Å². The van der Waals surface area contributed by atoms with E-state index in [1.54, 1.807) is 27.6 Å². The number of para-hydroxylation sites is 1. The van der Waals surface area contributed by atoms with E-state index in [9.17, 15) is 4.79 Å². The molecule has 1 heterocycles. The Morgan fingerprint density at radius 1 is 1.00 bits per heavy atom. The van der Waals surface area contributed by atoms with E-state index in [2.05, 4.69) is 4.99 Å². The van der Waals surface area contributed by atoms with E-state index >= 15 is 0 Å². The summed E-state index contributed by atoms with van der Waals surface area (Å²) in [5.74, 6) is 0. The minimum absolute atomic E-state index is 0.194. The monoisotopic (exact) mass is 359 g/mol. The van der Waals surface area contributed by atoms with E-state index in [0.29, 0.717) is 21.3 Å². The van der Waals surface area contributed by atoms with Crippen molar-refractivity contribution in [2.24, 2.45) is 12.0 Å². The van der Waals surface area contributed by atoms with E-state index < -0.39 is 0 Å². The standard InChI is InChI=1S/C18H15Cl2N3O/c1-12-17(21-11-14-15(19)9-6-10-16(14)20)18(24)23(22(12)2)13-7-4-3-5-8-13/h3-11H,1-2H3. The lowest BCUT2D eigenvalue weighted by molar-refractivity contribution is 0.630. The van der Waals surface area contributed by atoms with Gasteiger partial charge in [-0.1, -0.05) is 47.5 Å². The number of benzene rings is 2. The van der Waals surface area contributed by atoms with Crippen LogP contribution in [0.25, 0.3) is 5.69 Å². The maximum absolute atomic E-state index is 12.8. The highest BCUT2D eigenvalue weighted by molar-refractivity contribution is 6.38. The van der Waals surface area contributed by atoms with Gasteiger partial charge < -0.3 is 0 Å². The largest absolute Gasteiger partial charge is 0.297 e. The SMILES string of the molecule is Cc1c(N=Cc2c(Cl)cccc2Cl)c(=O)n(-c2ccccc2)n1C. The number of halogens is 2. The molecule has 4 nitrogen and oxygen atoms in total. The summed E-state index contributed by atoms with van der Waals surface area (Å²) < 4.78 is 3.36. The summed E-state index contributed by atoms with van der Waals surface area (Å²) in [6.07, 6.45) is 1.53. The first-order valence-electron chi connectivity index (χ1n) is 7.33. The van der Waals surface area contributed by atoms with Crippen molar-refractivity contribution in [2.45, 2.75) is 6.92 Å². The molecule has 24 heavy (non-hydrogen) atoms. The topological polar surface area (TPSA) is 39.3 Å². The molecule has 0 radical (unpaired) electrons. The van der Waals surface area contributed by atoms with Crippen molar-refractivity contribution in [3.05, 3.63) is 80.2 Å². The molecule has 122 valence electrons. The Morgan fingerprint density at radius 2 is 1.62 bits per heavy atom. The lowest BCUT2D eigenvalue weighted by Crippen LogP contribution is -2.19. The third-order valence-electron chi connectivity index (χ3n) is 3.85. The van der Waals surface area contributed by atoms with Crippen LogP contribution in [0.3, 0.4) is 0 Å². The number of rotatable bonds is 3. The Hall–Kier alpha value is -2.30. The normalized spacial score (nSPS) is 11.3. The van der Waals surface area contributed by atoms with Crippen LogP contribution < -0.4 is 5.56 Å². The lowest BCUT2D eigenvalue weighted by atomic mass is 10.2. The highest BCUT2D eigenvalue weighted by Crippen LogP contribution is 2.24. The zero-order chi connectivity index (χ0) is 17.3. The Balaban J connectivity index is 2.11. The van der Waals surface area contributed by atoms with Gasteiger partial charge in [-0.25, -0.2) is 9.67 Å². The zero-order valence-corrected chi connectivity index (χ0v) is 14.7. The fourth-order valence-corrected chi connectivity index (χ4v) is 2.96. The van der Waals surface area contributed by atoms with Crippen molar-refractivity contribution in [1.29, 1.82) is 0 Å². The Kier molecular flexibility index (Phi) is 4.60. The summed E-state index contributed by atoms with van der Waals surface area (Å²) in [5.41, 5.74) is 2.29. The Bertz CT molecular complexity index is 952. The van der Waals surface area contributed by atoms with Gasteiger partial charge in [-0.2, -0.15) is 0 Å². The van der Waals surface area contributed by atoms with Crippen LogP contribution in [-0.2, 0) is 7.05 Å². The fraction of sp³-hybridized carbons (Fsp3) is 0.111. The minimum atomic E-state index is -0.194. The van der Waals surface area contributed by atoms with E-state index in [1.165, 1.54) is 6.21 Å². The first-order chi connectivity index (χ1) is 11.5. The molecule has 3 aromatic rings. The minimum Gasteiger partial charge on any atom is -0.283 e. The second-order valence-electron chi connectivity index (χ2n) is 5.30. The van der Waals surface area contributed by atoms with Crippen molar-refractivity contribution in [3.8, 4) is 5.69 Å². The molecule has 0 saturated heterocycles. The molecule has 0 saturated carbocycles. The predicted molar refractivity (Wildman–Crippen MR) is 99.5 cm³/mol. The van der Waals surface area contributed by atoms with Crippen LogP contribution >= 0.6 is 23.2 Å². The first kappa shape index (κ1) is 16.6. The second kappa shape index (κ2) is 6.67. The van der Waals surface area contributed by atoms with Crippen molar-refractivity contribution < 1.29 is 0 Å². The summed E-state index contributed by atoms with van der Waals surface area (Å²) in [6, 6.07) is 14.6. The van der Waals surface area contributed by atoms with Gasteiger partial charge in [0.1, 0.15) is 0 Å². The molecule has 3 rings (SSSR count). The number of nitrogens with zero attached hydrogens (tertiary/aromatic N) is 3. The van der Waals surface area contributed by atoms with Crippen LogP contribution in [0.15, 0.2) is 58.3 Å². The average molecular weight is 360 g/mol. The van der Waals surface area contributed by atoms with Crippen LogP contribution in [0.2, 0.25) is 10.0 Å². The smallest absolute Gasteiger partial charge is 0.283 e. The molecule has 0 atom stereocenters. The third-order valence-corrected chi connectivity index (χ3v) is 4.51. The molecule has 0 aliphatic heterocycles. The summed E-state index contributed by atoms with van der Waals surface area (Å²) in [5, 5.41) is 0.978. The molecular weight excluding hydrogens is 345 g/mol. The van der Waals surface area contributed by atoms with Gasteiger partial charge in [0.15, 0.2) is 5.69 Å². The predicted octanol–water partition coefficient (Wildman–Crippen LogP) is 4.54. The molecule has 0 bridgehead atoms. The van der Waals surface area contributed by atoms with Gasteiger partial charge in [-0.05, 0) is 31.2 Å². The molecular formula is C18H15Cl2N3O. The number of hydrogen-bond acceptors (Lipinski definition) is 2. The van der Waals surface area contributed by atoms with Crippen LogP contribution in [-0.4, -0.2) is 15.6 Å². The molecule has 0 amide bonds. The quantitative estimate of drug-likeness (QED) is 0.632. The average Bonchev–Trinajstić information content (AvgIpc) is 2.78. The van der Waals surface area contributed by atoms with Crippen LogP contribution in [0.4, 0.5) is 5.69 Å². The number of aromatic nitrogens is 2. The maximum atomic E-state index is 12.8. The van der Waals surface area contributed by atoms with Gasteiger partial charge in [0, 0.05) is 18.8 Å². The molecule has 0 spiro atoms. The molecule has 0 aliphatic carbocycles. The molecule has 1 aromatic heterocycles. The van der Waals surface area contributed by atoms with E-state index in [1.807, 2.05) is 44.3 Å². The third kappa shape index (κ3) is 2.90.